The van der Waals surface area contributed by atoms with Gasteiger partial charge in [-0.1, -0.05) is 47.6 Å². The lowest BCUT2D eigenvalue weighted by Gasteiger charge is -2.09. The van der Waals surface area contributed by atoms with E-state index in [-0.39, 0.29) is 17.3 Å². The molecule has 0 fully saturated rings. The predicted octanol–water partition coefficient (Wildman–Crippen LogP) is 4.55. The van der Waals surface area contributed by atoms with Crippen molar-refractivity contribution in [3.05, 3.63) is 94.5 Å². The molecule has 0 atom stereocenters. The average Bonchev–Trinajstić information content (AvgIpc) is 3.24. The van der Waals surface area contributed by atoms with Crippen LogP contribution in [0.5, 0.6) is 0 Å². The van der Waals surface area contributed by atoms with E-state index in [9.17, 15) is 9.18 Å². The van der Waals surface area contributed by atoms with Crippen LogP contribution in [-0.4, -0.2) is 19.9 Å². The fourth-order valence-corrected chi connectivity index (χ4v) is 3.35. The van der Waals surface area contributed by atoms with Crippen LogP contribution in [0.15, 0.2) is 82.1 Å². The SMILES string of the molecule is Cc1cccc(-n2nc(-c3nc(-c4cccc(F)c4)no3)c3ccccc3c2=O)c1. The van der Waals surface area contributed by atoms with Gasteiger partial charge in [-0.3, -0.25) is 4.79 Å². The molecule has 0 aliphatic heterocycles. The molecule has 2 heterocycles. The first-order chi connectivity index (χ1) is 14.6. The Kier molecular flexibility index (Phi) is 4.21. The van der Waals surface area contributed by atoms with Crippen molar-refractivity contribution in [1.29, 1.82) is 0 Å². The average molecular weight is 398 g/mol. The molecule has 5 aromatic rings. The zero-order valence-electron chi connectivity index (χ0n) is 15.9. The Morgan fingerprint density at radius 3 is 2.53 bits per heavy atom. The third-order valence-corrected chi connectivity index (χ3v) is 4.76. The Labute approximate surface area is 170 Å². The summed E-state index contributed by atoms with van der Waals surface area (Å²) < 4.78 is 20.3. The number of halogens is 1. The summed E-state index contributed by atoms with van der Waals surface area (Å²) in [6.45, 7) is 1.94. The number of fused-ring (bicyclic) bond motifs is 1. The van der Waals surface area contributed by atoms with Crippen molar-refractivity contribution in [3.63, 3.8) is 0 Å². The highest BCUT2D eigenvalue weighted by atomic mass is 19.1. The summed E-state index contributed by atoms with van der Waals surface area (Å²) in [5, 5.41) is 9.59. The van der Waals surface area contributed by atoms with E-state index in [1.165, 1.54) is 16.8 Å². The Morgan fingerprint density at radius 2 is 1.73 bits per heavy atom. The molecule has 30 heavy (non-hydrogen) atoms. The van der Waals surface area contributed by atoms with E-state index in [0.717, 1.165) is 5.56 Å². The van der Waals surface area contributed by atoms with Gasteiger partial charge in [0.1, 0.15) is 5.82 Å². The maximum absolute atomic E-state index is 13.6. The van der Waals surface area contributed by atoms with E-state index in [1.807, 2.05) is 37.3 Å². The number of hydrogen-bond acceptors (Lipinski definition) is 5. The number of hydrogen-bond donors (Lipinski definition) is 0. The topological polar surface area (TPSA) is 73.8 Å². The third-order valence-electron chi connectivity index (χ3n) is 4.76. The molecule has 3 aromatic carbocycles. The molecule has 0 saturated carbocycles. The van der Waals surface area contributed by atoms with Crippen LogP contribution in [0.4, 0.5) is 4.39 Å². The Morgan fingerprint density at radius 1 is 0.933 bits per heavy atom. The van der Waals surface area contributed by atoms with Gasteiger partial charge < -0.3 is 4.52 Å². The lowest BCUT2D eigenvalue weighted by molar-refractivity contribution is 0.430. The maximum Gasteiger partial charge on any atom is 0.279 e. The zero-order chi connectivity index (χ0) is 20.7. The molecular weight excluding hydrogens is 383 g/mol. The van der Waals surface area contributed by atoms with Gasteiger partial charge in [0.15, 0.2) is 5.69 Å². The van der Waals surface area contributed by atoms with Gasteiger partial charge in [0.25, 0.3) is 11.4 Å². The first kappa shape index (κ1) is 17.9. The molecule has 146 valence electrons. The molecule has 0 amide bonds. The number of aromatic nitrogens is 4. The molecule has 0 spiro atoms. The number of rotatable bonds is 3. The van der Waals surface area contributed by atoms with Crippen LogP contribution < -0.4 is 5.56 Å². The Balaban J connectivity index is 1.74. The van der Waals surface area contributed by atoms with Crippen molar-refractivity contribution >= 4 is 10.8 Å². The second-order valence-electron chi connectivity index (χ2n) is 6.88. The van der Waals surface area contributed by atoms with Gasteiger partial charge in [0.2, 0.25) is 5.82 Å². The molecule has 0 N–H and O–H groups in total. The molecular formula is C23H15FN4O2. The minimum absolute atomic E-state index is 0.145. The van der Waals surface area contributed by atoms with Crippen molar-refractivity contribution in [1.82, 2.24) is 19.9 Å². The third kappa shape index (κ3) is 3.06. The van der Waals surface area contributed by atoms with Crippen LogP contribution >= 0.6 is 0 Å². The number of nitrogens with zero attached hydrogens (tertiary/aromatic N) is 4. The quantitative estimate of drug-likeness (QED) is 0.446. The summed E-state index contributed by atoms with van der Waals surface area (Å²) >= 11 is 0. The lowest BCUT2D eigenvalue weighted by Crippen LogP contribution is -2.22. The molecule has 0 radical (unpaired) electrons. The highest BCUT2D eigenvalue weighted by Gasteiger charge is 2.19. The van der Waals surface area contributed by atoms with Crippen molar-refractivity contribution in [2.75, 3.05) is 0 Å². The molecule has 0 bridgehead atoms. The van der Waals surface area contributed by atoms with E-state index < -0.39 is 5.82 Å². The van der Waals surface area contributed by atoms with Gasteiger partial charge in [-0.05, 0) is 42.8 Å². The van der Waals surface area contributed by atoms with Gasteiger partial charge in [-0.15, -0.1) is 0 Å². The molecule has 6 nitrogen and oxygen atoms in total. The second kappa shape index (κ2) is 7.04. The largest absolute Gasteiger partial charge is 0.332 e. The van der Waals surface area contributed by atoms with Gasteiger partial charge >= 0.3 is 0 Å². The molecule has 0 saturated heterocycles. The fraction of sp³-hybridized carbons (Fsp3) is 0.0435. The summed E-state index contributed by atoms with van der Waals surface area (Å²) in [7, 11) is 0. The highest BCUT2D eigenvalue weighted by molar-refractivity contribution is 5.92. The van der Waals surface area contributed by atoms with Crippen LogP contribution in [0.2, 0.25) is 0 Å². The van der Waals surface area contributed by atoms with Gasteiger partial charge in [-0.25, -0.2) is 4.39 Å². The molecule has 0 aliphatic carbocycles. The summed E-state index contributed by atoms with van der Waals surface area (Å²) in [5.41, 5.74) is 2.26. The fourth-order valence-electron chi connectivity index (χ4n) is 3.35. The van der Waals surface area contributed by atoms with Gasteiger partial charge in [-0.2, -0.15) is 14.8 Å². The smallest absolute Gasteiger partial charge is 0.279 e. The number of aryl methyl sites for hydroxylation is 1. The van der Waals surface area contributed by atoms with Crippen molar-refractivity contribution < 1.29 is 8.91 Å². The summed E-state index contributed by atoms with van der Waals surface area (Å²) in [4.78, 5) is 17.5. The molecule has 0 unspecified atom stereocenters. The number of benzene rings is 3. The first-order valence-corrected chi connectivity index (χ1v) is 9.29. The van der Waals surface area contributed by atoms with Crippen molar-refractivity contribution in [2.45, 2.75) is 6.92 Å². The highest BCUT2D eigenvalue weighted by Crippen LogP contribution is 2.26. The van der Waals surface area contributed by atoms with Crippen LogP contribution in [-0.2, 0) is 0 Å². The normalized spacial score (nSPS) is 11.1. The second-order valence-corrected chi connectivity index (χ2v) is 6.88. The standard InChI is InChI=1S/C23H15FN4O2/c1-14-6-4-9-17(12-14)28-23(29)19-11-3-2-10-18(19)20(26-28)22-25-21(27-30-22)15-7-5-8-16(24)13-15/h2-13H,1H3. The summed E-state index contributed by atoms with van der Waals surface area (Å²) in [5.74, 6) is -0.00836. The van der Waals surface area contributed by atoms with E-state index in [2.05, 4.69) is 15.2 Å². The van der Waals surface area contributed by atoms with Crippen molar-refractivity contribution in [2.24, 2.45) is 0 Å². The maximum atomic E-state index is 13.6. The van der Waals surface area contributed by atoms with Gasteiger partial charge in [0.05, 0.1) is 11.1 Å². The molecule has 5 rings (SSSR count). The Hall–Kier alpha value is -4.13. The lowest BCUT2D eigenvalue weighted by atomic mass is 10.1. The van der Waals surface area contributed by atoms with Crippen LogP contribution in [0.1, 0.15) is 5.56 Å². The zero-order valence-corrected chi connectivity index (χ0v) is 15.9. The van der Waals surface area contributed by atoms with Crippen LogP contribution in [0, 0.1) is 12.7 Å². The van der Waals surface area contributed by atoms with E-state index in [0.29, 0.717) is 27.7 Å². The molecule has 0 aliphatic rings. The molecule has 7 heteroatoms. The van der Waals surface area contributed by atoms with E-state index in [4.69, 9.17) is 4.52 Å². The summed E-state index contributed by atoms with van der Waals surface area (Å²) in [6.07, 6.45) is 0. The van der Waals surface area contributed by atoms with E-state index >= 15 is 0 Å². The monoisotopic (exact) mass is 398 g/mol. The minimum atomic E-state index is -0.393. The Bertz CT molecular complexity index is 1460. The summed E-state index contributed by atoms with van der Waals surface area (Å²) in [6, 6.07) is 20.6. The van der Waals surface area contributed by atoms with Crippen LogP contribution in [0.25, 0.3) is 39.4 Å². The van der Waals surface area contributed by atoms with Crippen LogP contribution in [0.3, 0.4) is 0 Å². The van der Waals surface area contributed by atoms with E-state index in [1.54, 1.807) is 30.3 Å². The first-order valence-electron chi connectivity index (χ1n) is 9.29. The van der Waals surface area contributed by atoms with Gasteiger partial charge in [0, 0.05) is 10.9 Å². The molecule has 2 aromatic heterocycles. The van der Waals surface area contributed by atoms with Crippen molar-refractivity contribution in [3.8, 4) is 28.7 Å². The minimum Gasteiger partial charge on any atom is -0.332 e. The predicted molar refractivity (Wildman–Crippen MR) is 111 cm³/mol.